The minimum Gasteiger partial charge on any atom is -0.388 e. The first kappa shape index (κ1) is 12.6. The van der Waals surface area contributed by atoms with Crippen LogP contribution in [0.25, 0.3) is 0 Å². The van der Waals surface area contributed by atoms with Crippen LogP contribution in [0.4, 0.5) is 0 Å². The molecule has 0 unspecified atom stereocenters. The molecule has 3 nitrogen and oxygen atoms in total. The molecule has 0 atom stereocenters. The molecule has 17 heavy (non-hydrogen) atoms. The van der Waals surface area contributed by atoms with Gasteiger partial charge >= 0.3 is 0 Å². The number of ether oxygens (including phenoxy) is 1. The molecule has 3 N–H and O–H groups in total. The van der Waals surface area contributed by atoms with E-state index in [-0.39, 0.29) is 11.3 Å². The van der Waals surface area contributed by atoms with Gasteiger partial charge in [0.05, 0.1) is 19.0 Å². The fourth-order valence-corrected chi connectivity index (χ4v) is 2.41. The monoisotopic (exact) mass is 296 g/mol. The Labute approximate surface area is 110 Å². The molecule has 0 amide bonds. The van der Waals surface area contributed by atoms with Crippen molar-refractivity contribution < 1.29 is 4.74 Å². The van der Waals surface area contributed by atoms with E-state index in [9.17, 15) is 0 Å². The fraction of sp³-hybridized carbons (Fsp3) is 0.462. The van der Waals surface area contributed by atoms with Crippen molar-refractivity contribution in [3.8, 4) is 0 Å². The zero-order valence-corrected chi connectivity index (χ0v) is 11.3. The third-order valence-corrected chi connectivity index (χ3v) is 3.58. The second-order valence-electron chi connectivity index (χ2n) is 4.82. The van der Waals surface area contributed by atoms with Gasteiger partial charge in [-0.25, -0.2) is 0 Å². The highest BCUT2D eigenvalue weighted by atomic mass is 79.9. The van der Waals surface area contributed by atoms with Crippen LogP contribution in [0, 0.1) is 10.8 Å². The second-order valence-corrected chi connectivity index (χ2v) is 5.74. The van der Waals surface area contributed by atoms with Crippen molar-refractivity contribution in [1.82, 2.24) is 0 Å². The van der Waals surface area contributed by atoms with Gasteiger partial charge in [-0.15, -0.1) is 0 Å². The van der Waals surface area contributed by atoms with E-state index in [4.69, 9.17) is 15.9 Å². The minimum absolute atomic E-state index is 0.165. The summed E-state index contributed by atoms with van der Waals surface area (Å²) in [5, 5.41) is 7.33. The summed E-state index contributed by atoms with van der Waals surface area (Å²) in [5.41, 5.74) is 6.77. The van der Waals surface area contributed by atoms with Crippen LogP contribution < -0.4 is 5.73 Å². The lowest BCUT2D eigenvalue weighted by atomic mass is 10.0. The molecule has 0 spiro atoms. The maximum atomic E-state index is 7.33. The SMILES string of the molecule is N=C(N)CC1(COCc2cccc(Br)c2)CC1. The molecule has 1 aliphatic rings. The molecule has 0 heterocycles. The van der Waals surface area contributed by atoms with E-state index in [0.717, 1.165) is 22.9 Å². The number of hydrogen-bond acceptors (Lipinski definition) is 2. The highest BCUT2D eigenvalue weighted by Crippen LogP contribution is 2.48. The minimum atomic E-state index is 0.165. The summed E-state index contributed by atoms with van der Waals surface area (Å²) in [5.74, 6) is 0.272. The van der Waals surface area contributed by atoms with Crippen molar-refractivity contribution in [3.63, 3.8) is 0 Å². The quantitative estimate of drug-likeness (QED) is 0.626. The topological polar surface area (TPSA) is 59.1 Å². The third kappa shape index (κ3) is 3.82. The molecule has 92 valence electrons. The molecule has 0 aliphatic heterocycles. The van der Waals surface area contributed by atoms with Gasteiger partial charge in [-0.3, -0.25) is 5.41 Å². The maximum Gasteiger partial charge on any atom is 0.0911 e. The molecule has 0 saturated heterocycles. The zero-order chi connectivity index (χ0) is 12.3. The molecular formula is C13H17BrN2O. The lowest BCUT2D eigenvalue weighted by Gasteiger charge is -2.14. The van der Waals surface area contributed by atoms with Crippen LogP contribution in [0.2, 0.25) is 0 Å². The first-order valence-corrected chi connectivity index (χ1v) is 6.54. The molecule has 1 aliphatic carbocycles. The van der Waals surface area contributed by atoms with Crippen molar-refractivity contribution >= 4 is 21.8 Å². The molecule has 1 aromatic rings. The molecule has 1 saturated carbocycles. The van der Waals surface area contributed by atoms with Gasteiger partial charge in [-0.05, 0) is 30.5 Å². The van der Waals surface area contributed by atoms with E-state index in [1.807, 2.05) is 12.1 Å². The highest BCUT2D eigenvalue weighted by Gasteiger charge is 2.43. The predicted molar refractivity (Wildman–Crippen MR) is 72.0 cm³/mol. The molecule has 0 radical (unpaired) electrons. The first-order valence-electron chi connectivity index (χ1n) is 5.75. The molecular weight excluding hydrogens is 280 g/mol. The number of nitrogens with one attached hydrogen (secondary N) is 1. The van der Waals surface area contributed by atoms with Crippen LogP contribution in [0.3, 0.4) is 0 Å². The Kier molecular flexibility index (Phi) is 3.84. The van der Waals surface area contributed by atoms with Crippen LogP contribution in [0.1, 0.15) is 24.8 Å². The Morgan fingerprint density at radius 1 is 1.47 bits per heavy atom. The van der Waals surface area contributed by atoms with Gasteiger partial charge in [0.15, 0.2) is 0 Å². The van der Waals surface area contributed by atoms with Gasteiger partial charge in [0, 0.05) is 16.3 Å². The van der Waals surface area contributed by atoms with E-state index >= 15 is 0 Å². The van der Waals surface area contributed by atoms with E-state index < -0.39 is 0 Å². The van der Waals surface area contributed by atoms with Gasteiger partial charge in [-0.2, -0.15) is 0 Å². The van der Waals surface area contributed by atoms with Gasteiger partial charge in [0.2, 0.25) is 0 Å². The van der Waals surface area contributed by atoms with Crippen molar-refractivity contribution in [3.05, 3.63) is 34.3 Å². The number of nitrogens with two attached hydrogens (primary N) is 1. The van der Waals surface area contributed by atoms with Crippen molar-refractivity contribution in [2.45, 2.75) is 25.9 Å². The Balaban J connectivity index is 1.78. The van der Waals surface area contributed by atoms with Gasteiger partial charge < -0.3 is 10.5 Å². The first-order chi connectivity index (χ1) is 8.10. The summed E-state index contributed by atoms with van der Waals surface area (Å²) in [6.45, 7) is 1.33. The second kappa shape index (κ2) is 5.19. The lowest BCUT2D eigenvalue weighted by molar-refractivity contribution is 0.0802. The molecule has 0 aromatic heterocycles. The summed E-state index contributed by atoms with van der Waals surface area (Å²) in [6.07, 6.45) is 2.93. The van der Waals surface area contributed by atoms with E-state index in [0.29, 0.717) is 19.6 Å². The number of amidine groups is 1. The van der Waals surface area contributed by atoms with Crippen LogP contribution in [0.15, 0.2) is 28.7 Å². The van der Waals surface area contributed by atoms with Crippen molar-refractivity contribution in [2.24, 2.45) is 11.1 Å². The molecule has 1 fully saturated rings. The highest BCUT2D eigenvalue weighted by molar-refractivity contribution is 9.10. The van der Waals surface area contributed by atoms with E-state index in [1.54, 1.807) is 0 Å². The van der Waals surface area contributed by atoms with Crippen LogP contribution in [-0.4, -0.2) is 12.4 Å². The lowest BCUT2D eigenvalue weighted by Crippen LogP contribution is -2.20. The van der Waals surface area contributed by atoms with Gasteiger partial charge in [0.1, 0.15) is 0 Å². The fourth-order valence-electron chi connectivity index (χ4n) is 1.97. The predicted octanol–water partition coefficient (Wildman–Crippen LogP) is 3.07. The Bertz CT molecular complexity index is 416. The maximum absolute atomic E-state index is 7.33. The van der Waals surface area contributed by atoms with Crippen LogP contribution in [-0.2, 0) is 11.3 Å². The number of hydrogen-bond donors (Lipinski definition) is 2. The largest absolute Gasteiger partial charge is 0.388 e. The summed E-state index contributed by atoms with van der Waals surface area (Å²) in [4.78, 5) is 0. The molecule has 1 aromatic carbocycles. The van der Waals surface area contributed by atoms with E-state index in [2.05, 4.69) is 28.1 Å². The Hall–Kier alpha value is -0.870. The summed E-state index contributed by atoms with van der Waals surface area (Å²) in [6, 6.07) is 8.12. The normalized spacial score (nSPS) is 16.8. The average molecular weight is 297 g/mol. The number of rotatable bonds is 6. The Morgan fingerprint density at radius 3 is 2.82 bits per heavy atom. The van der Waals surface area contributed by atoms with Crippen molar-refractivity contribution in [1.29, 1.82) is 5.41 Å². The molecule has 2 rings (SSSR count). The van der Waals surface area contributed by atoms with Crippen molar-refractivity contribution in [2.75, 3.05) is 6.61 Å². The van der Waals surface area contributed by atoms with Crippen LogP contribution in [0.5, 0.6) is 0 Å². The standard InChI is InChI=1S/C13H17BrN2O/c14-11-3-1-2-10(6-11)8-17-9-13(4-5-13)7-12(15)16/h1-3,6H,4-5,7-9H2,(H3,15,16). The summed E-state index contributed by atoms with van der Waals surface area (Å²) >= 11 is 3.44. The van der Waals surface area contributed by atoms with Gasteiger partial charge in [-0.1, -0.05) is 28.1 Å². The number of benzene rings is 1. The Morgan fingerprint density at radius 2 is 2.24 bits per heavy atom. The third-order valence-electron chi connectivity index (χ3n) is 3.09. The summed E-state index contributed by atoms with van der Waals surface area (Å²) < 4.78 is 6.80. The van der Waals surface area contributed by atoms with Gasteiger partial charge in [0.25, 0.3) is 0 Å². The molecule has 4 heteroatoms. The average Bonchev–Trinajstić information content (AvgIpc) is 2.97. The number of halogens is 1. The zero-order valence-electron chi connectivity index (χ0n) is 9.71. The summed E-state index contributed by atoms with van der Waals surface area (Å²) in [7, 11) is 0. The van der Waals surface area contributed by atoms with Crippen LogP contribution >= 0.6 is 15.9 Å². The molecule has 0 bridgehead atoms. The smallest absolute Gasteiger partial charge is 0.0911 e. The van der Waals surface area contributed by atoms with E-state index in [1.165, 1.54) is 0 Å².